The monoisotopic (exact) mass is 1510 g/mol. The summed E-state index contributed by atoms with van der Waals surface area (Å²) in [6.07, 6.45) is 1.87. The van der Waals surface area contributed by atoms with E-state index in [4.69, 9.17) is 19.9 Å². The Morgan fingerprint density at radius 2 is 0.496 bits per heavy atom. The third kappa shape index (κ3) is 11.8. The molecule has 0 saturated heterocycles. The SMILES string of the molecule is c1ccc(-n2c(-c3ccc(-c4c5ccc6ccccc6c5nc5c4ccc4ccccc45)cc3)nc3ccccc32)cc1.c1ccc2cc(-c3ccc(-c4c5ccc6ccccc6c5nc5c4ccc4ccccc45)cc3)ccc2c1.c1cnc2c(-c3ccc(-c4c5ccc6ccccc6c5nc5c4ccc4ccccc45)cc3)cccc2c1. The molecule has 25 rings (SSSR count). The number of aromatic nitrogens is 6. The number of benzene rings is 20. The second-order valence-electron chi connectivity index (χ2n) is 30.8. The first-order valence-corrected chi connectivity index (χ1v) is 40.6. The summed E-state index contributed by atoms with van der Waals surface area (Å²) in [4.78, 5) is 25.7. The topological polar surface area (TPSA) is 69.4 Å². The molecule has 6 heteroatoms. The maximum Gasteiger partial charge on any atom is 0.145 e. The van der Waals surface area contributed by atoms with Crippen molar-refractivity contribution in [1.29, 1.82) is 0 Å². The predicted octanol–water partition coefficient (Wildman–Crippen LogP) is 30.1. The van der Waals surface area contributed by atoms with Gasteiger partial charge in [-0.3, -0.25) is 9.55 Å². The summed E-state index contributed by atoms with van der Waals surface area (Å²) in [6.45, 7) is 0. The Balaban J connectivity index is 0.000000105. The summed E-state index contributed by atoms with van der Waals surface area (Å²) in [5.41, 5.74) is 23.5. The quantitative estimate of drug-likeness (QED) is 0.117. The molecule has 0 saturated carbocycles. The molecule has 0 amide bonds. The summed E-state index contributed by atoms with van der Waals surface area (Å²) >= 11 is 0. The van der Waals surface area contributed by atoms with Crippen LogP contribution in [0.25, 0.3) is 235 Å². The predicted molar refractivity (Wildman–Crippen MR) is 503 cm³/mol. The van der Waals surface area contributed by atoms with Crippen LogP contribution in [0, 0.1) is 0 Å². The fourth-order valence-corrected chi connectivity index (χ4v) is 18.4. The molecular weight excluding hydrogens is 1440 g/mol. The van der Waals surface area contributed by atoms with Crippen LogP contribution >= 0.6 is 0 Å². The molecule has 552 valence electrons. The van der Waals surface area contributed by atoms with Gasteiger partial charge in [-0.2, -0.15) is 0 Å². The van der Waals surface area contributed by atoms with E-state index in [1.165, 1.54) is 136 Å². The van der Waals surface area contributed by atoms with Gasteiger partial charge in [-0.15, -0.1) is 0 Å². The van der Waals surface area contributed by atoms with E-state index >= 15 is 0 Å². The highest BCUT2D eigenvalue weighted by atomic mass is 15.1. The molecule has 5 aromatic heterocycles. The summed E-state index contributed by atoms with van der Waals surface area (Å²) < 4.78 is 2.25. The molecule has 0 radical (unpaired) electrons. The number of nitrogens with zero attached hydrogens (tertiary/aromatic N) is 6. The number of para-hydroxylation sites is 4. The molecule has 119 heavy (non-hydrogen) atoms. The van der Waals surface area contributed by atoms with Crippen molar-refractivity contribution in [3.05, 3.63) is 425 Å². The highest BCUT2D eigenvalue weighted by molar-refractivity contribution is 6.25. The van der Waals surface area contributed by atoms with Crippen molar-refractivity contribution >= 4 is 163 Å². The van der Waals surface area contributed by atoms with Crippen LogP contribution in [-0.2, 0) is 0 Å². The zero-order valence-corrected chi connectivity index (χ0v) is 64.6. The van der Waals surface area contributed by atoms with E-state index in [0.717, 1.165) is 99.6 Å². The molecule has 0 aliphatic heterocycles. The molecule has 5 heterocycles. The Hall–Kier alpha value is -15.9. The van der Waals surface area contributed by atoms with Crippen molar-refractivity contribution in [2.45, 2.75) is 0 Å². The average molecular weight is 1510 g/mol. The Kier molecular flexibility index (Phi) is 16.5. The Labute approximate surface area is 685 Å². The van der Waals surface area contributed by atoms with E-state index in [9.17, 15) is 0 Å². The molecule has 20 aromatic carbocycles. The minimum atomic E-state index is 0.931. The molecule has 6 nitrogen and oxygen atoms in total. The van der Waals surface area contributed by atoms with Crippen LogP contribution in [0.15, 0.2) is 425 Å². The smallest absolute Gasteiger partial charge is 0.145 e. The number of rotatable bonds is 7. The molecule has 0 spiro atoms. The molecular formula is C113H70N6. The second-order valence-corrected chi connectivity index (χ2v) is 30.8. The van der Waals surface area contributed by atoms with Crippen LogP contribution in [-0.4, -0.2) is 29.5 Å². The molecule has 0 aliphatic carbocycles. The zero-order valence-electron chi connectivity index (χ0n) is 64.6. The van der Waals surface area contributed by atoms with Crippen LogP contribution in [0.5, 0.6) is 0 Å². The van der Waals surface area contributed by atoms with Crippen LogP contribution in [0.2, 0.25) is 0 Å². The fourth-order valence-electron chi connectivity index (χ4n) is 18.4. The zero-order chi connectivity index (χ0) is 78.4. The van der Waals surface area contributed by atoms with Crippen molar-refractivity contribution < 1.29 is 0 Å². The first-order chi connectivity index (χ1) is 59.0. The van der Waals surface area contributed by atoms with E-state index in [1.54, 1.807) is 0 Å². The lowest BCUT2D eigenvalue weighted by atomic mass is 9.91. The van der Waals surface area contributed by atoms with Gasteiger partial charge in [0.1, 0.15) is 5.82 Å². The lowest BCUT2D eigenvalue weighted by Crippen LogP contribution is -1.97. The van der Waals surface area contributed by atoms with Gasteiger partial charge in [0.15, 0.2) is 0 Å². The van der Waals surface area contributed by atoms with Crippen molar-refractivity contribution in [3.8, 4) is 72.7 Å². The second kappa shape index (κ2) is 28.6. The van der Waals surface area contributed by atoms with Crippen LogP contribution < -0.4 is 0 Å². The van der Waals surface area contributed by atoms with E-state index in [0.29, 0.717) is 0 Å². The number of imidazole rings is 1. The number of pyridine rings is 4. The first kappa shape index (κ1) is 68.7. The maximum atomic E-state index is 5.34. The van der Waals surface area contributed by atoms with Gasteiger partial charge >= 0.3 is 0 Å². The van der Waals surface area contributed by atoms with Gasteiger partial charge in [-0.25, -0.2) is 19.9 Å². The van der Waals surface area contributed by atoms with E-state index in [2.05, 4.69) is 410 Å². The highest BCUT2D eigenvalue weighted by Crippen LogP contribution is 2.46. The van der Waals surface area contributed by atoms with Crippen LogP contribution in [0.1, 0.15) is 0 Å². The van der Waals surface area contributed by atoms with E-state index in [-0.39, 0.29) is 0 Å². The van der Waals surface area contributed by atoms with Gasteiger partial charge in [0, 0.05) is 110 Å². The van der Waals surface area contributed by atoms with Crippen molar-refractivity contribution in [2.24, 2.45) is 0 Å². The molecule has 0 unspecified atom stereocenters. The molecule has 0 atom stereocenters. The standard InChI is InChI=1S/C40H25N3.C37H23N.C36H22N2/c1-2-12-30(13-3-1)43-36-17-9-8-16-35(36)41-40(43)29-20-18-28(19-21-29)37-33-24-22-26-10-4-6-14-31(26)38(33)42-39-32-15-7-5-11-27(32)23-25-34(37)39;1-2-10-29-23-30(18-15-24(29)7-1)25-13-16-28(17-14-25)35-33-21-19-26-8-3-5-11-31(26)36(33)38-37-32-12-6-4-9-27(32)20-22-34(35)37;1-3-11-29-23(7-1)18-20-31-33(32-21-19-24-8-2-4-12-30(24)36(32)38-35(29)31)26-16-14-25(15-17-26)28-13-5-9-27-10-6-22-37-34(27)28/h1-25H;1-23H;1-22H. The van der Waals surface area contributed by atoms with Gasteiger partial charge in [-0.1, -0.05) is 382 Å². The Morgan fingerprint density at radius 3 is 0.924 bits per heavy atom. The van der Waals surface area contributed by atoms with Gasteiger partial charge in [0.25, 0.3) is 0 Å². The lowest BCUT2D eigenvalue weighted by molar-refractivity contribution is 1.10. The summed E-state index contributed by atoms with van der Waals surface area (Å²) in [6, 6.07) is 149. The van der Waals surface area contributed by atoms with Crippen molar-refractivity contribution in [1.82, 2.24) is 29.5 Å². The summed E-state index contributed by atoms with van der Waals surface area (Å²) in [5, 5.41) is 25.0. The Bertz CT molecular complexity index is 8110. The minimum Gasteiger partial charge on any atom is -0.292 e. The number of fused-ring (bicyclic) bond motifs is 21. The van der Waals surface area contributed by atoms with Crippen molar-refractivity contribution in [3.63, 3.8) is 0 Å². The lowest BCUT2D eigenvalue weighted by Gasteiger charge is -2.15. The third-order valence-electron chi connectivity index (χ3n) is 24.1. The molecule has 0 N–H and O–H groups in total. The van der Waals surface area contributed by atoms with Crippen LogP contribution in [0.4, 0.5) is 0 Å². The molecule has 0 fully saturated rings. The largest absolute Gasteiger partial charge is 0.292 e. The minimum absolute atomic E-state index is 0.931. The molecule has 0 aliphatic rings. The van der Waals surface area contributed by atoms with Gasteiger partial charge in [-0.05, 0) is 113 Å². The van der Waals surface area contributed by atoms with Gasteiger partial charge in [0.2, 0.25) is 0 Å². The third-order valence-corrected chi connectivity index (χ3v) is 24.1. The van der Waals surface area contributed by atoms with Gasteiger partial charge in [0.05, 0.1) is 49.7 Å². The number of hydrogen-bond donors (Lipinski definition) is 0. The summed E-state index contributed by atoms with van der Waals surface area (Å²) in [7, 11) is 0. The molecule has 0 bridgehead atoms. The van der Waals surface area contributed by atoms with E-state index < -0.39 is 0 Å². The Morgan fingerprint density at radius 1 is 0.176 bits per heavy atom. The molecule has 25 aromatic rings. The normalized spacial score (nSPS) is 11.7. The fraction of sp³-hybridized carbons (Fsp3) is 0. The van der Waals surface area contributed by atoms with E-state index in [1.807, 2.05) is 24.4 Å². The first-order valence-electron chi connectivity index (χ1n) is 40.6. The van der Waals surface area contributed by atoms with Gasteiger partial charge < -0.3 is 0 Å². The maximum absolute atomic E-state index is 5.34. The van der Waals surface area contributed by atoms with Crippen LogP contribution in [0.3, 0.4) is 0 Å². The number of hydrogen-bond acceptors (Lipinski definition) is 5. The summed E-state index contributed by atoms with van der Waals surface area (Å²) in [5.74, 6) is 0.931. The highest BCUT2D eigenvalue weighted by Gasteiger charge is 2.22. The average Bonchev–Trinajstić information content (AvgIpc) is 1.45. The van der Waals surface area contributed by atoms with Crippen molar-refractivity contribution in [2.75, 3.05) is 0 Å².